The summed E-state index contributed by atoms with van der Waals surface area (Å²) in [6.45, 7) is 4.01. The highest BCUT2D eigenvalue weighted by molar-refractivity contribution is 6.20. The fourth-order valence-corrected chi connectivity index (χ4v) is 4.12. The number of amides is 1. The highest BCUT2D eigenvalue weighted by Crippen LogP contribution is 2.31. The van der Waals surface area contributed by atoms with Crippen LogP contribution in [0, 0.1) is 0 Å². The van der Waals surface area contributed by atoms with Gasteiger partial charge in [0.2, 0.25) is 0 Å². The summed E-state index contributed by atoms with van der Waals surface area (Å²) in [5.41, 5.74) is 3.11. The number of likely N-dealkylation sites (tertiary alicyclic amines) is 1. The van der Waals surface area contributed by atoms with Gasteiger partial charge in [0.05, 0.1) is 6.04 Å². The van der Waals surface area contributed by atoms with Crippen molar-refractivity contribution in [2.24, 2.45) is 0 Å². The minimum Gasteiger partial charge on any atom is -0.330 e. The molecule has 3 heteroatoms. The highest BCUT2D eigenvalue weighted by atomic mass is 16.2. The zero-order valence-corrected chi connectivity index (χ0v) is 15.2. The summed E-state index contributed by atoms with van der Waals surface area (Å²) in [4.78, 5) is 18.0. The lowest BCUT2D eigenvalue weighted by Gasteiger charge is -2.37. The molecule has 0 bridgehead atoms. The average molecular weight is 346 g/mol. The third-order valence-electron chi connectivity index (χ3n) is 5.48. The Kier molecular flexibility index (Phi) is 5.16. The SMILES string of the molecule is O=C1C(c2ccccc2)=CCCN1[C@H](CN1CCCC1)c1ccccc1. The van der Waals surface area contributed by atoms with Crippen LogP contribution in [0.1, 0.15) is 36.4 Å². The van der Waals surface area contributed by atoms with E-state index in [4.69, 9.17) is 0 Å². The molecule has 134 valence electrons. The smallest absolute Gasteiger partial charge is 0.254 e. The van der Waals surface area contributed by atoms with E-state index < -0.39 is 0 Å². The van der Waals surface area contributed by atoms with E-state index in [1.165, 1.54) is 18.4 Å². The van der Waals surface area contributed by atoms with Crippen molar-refractivity contribution in [2.45, 2.75) is 25.3 Å². The number of nitrogens with zero attached hydrogens (tertiary/aromatic N) is 2. The number of hydrogen-bond donors (Lipinski definition) is 0. The Morgan fingerprint density at radius 1 is 0.846 bits per heavy atom. The lowest BCUT2D eigenvalue weighted by Crippen LogP contribution is -2.43. The maximum Gasteiger partial charge on any atom is 0.254 e. The lowest BCUT2D eigenvalue weighted by molar-refractivity contribution is -0.128. The summed E-state index contributed by atoms with van der Waals surface area (Å²) in [6.07, 6.45) is 5.56. The topological polar surface area (TPSA) is 23.6 Å². The maximum absolute atomic E-state index is 13.4. The lowest BCUT2D eigenvalue weighted by atomic mass is 9.96. The van der Waals surface area contributed by atoms with E-state index in [1.807, 2.05) is 36.4 Å². The van der Waals surface area contributed by atoms with Crippen molar-refractivity contribution in [3.8, 4) is 0 Å². The van der Waals surface area contributed by atoms with Gasteiger partial charge < -0.3 is 9.80 Å². The predicted octanol–water partition coefficient (Wildman–Crippen LogP) is 4.14. The van der Waals surface area contributed by atoms with E-state index in [9.17, 15) is 4.79 Å². The van der Waals surface area contributed by atoms with Gasteiger partial charge in [0.15, 0.2) is 0 Å². The molecule has 0 saturated carbocycles. The zero-order chi connectivity index (χ0) is 17.8. The van der Waals surface area contributed by atoms with Crippen LogP contribution in [0.4, 0.5) is 0 Å². The molecule has 4 rings (SSSR count). The van der Waals surface area contributed by atoms with Crippen LogP contribution in [0.3, 0.4) is 0 Å². The Bertz CT molecular complexity index is 763. The van der Waals surface area contributed by atoms with E-state index >= 15 is 0 Å². The molecule has 0 aromatic heterocycles. The predicted molar refractivity (Wildman–Crippen MR) is 106 cm³/mol. The normalized spacial score (nSPS) is 19.5. The van der Waals surface area contributed by atoms with Crippen molar-refractivity contribution in [1.29, 1.82) is 0 Å². The second-order valence-electron chi connectivity index (χ2n) is 7.21. The van der Waals surface area contributed by atoms with E-state index in [-0.39, 0.29) is 11.9 Å². The Morgan fingerprint density at radius 2 is 1.50 bits per heavy atom. The molecule has 1 amide bonds. The molecule has 0 aliphatic carbocycles. The van der Waals surface area contributed by atoms with Crippen molar-refractivity contribution >= 4 is 11.5 Å². The molecule has 1 saturated heterocycles. The van der Waals surface area contributed by atoms with Crippen molar-refractivity contribution in [3.63, 3.8) is 0 Å². The number of rotatable bonds is 5. The van der Waals surface area contributed by atoms with Crippen molar-refractivity contribution in [1.82, 2.24) is 9.80 Å². The van der Waals surface area contributed by atoms with Gasteiger partial charge in [0.1, 0.15) is 0 Å². The van der Waals surface area contributed by atoms with Crippen LogP contribution in [0.2, 0.25) is 0 Å². The molecule has 0 unspecified atom stereocenters. The van der Waals surface area contributed by atoms with Crippen molar-refractivity contribution in [2.75, 3.05) is 26.2 Å². The summed E-state index contributed by atoms with van der Waals surface area (Å²) >= 11 is 0. The summed E-state index contributed by atoms with van der Waals surface area (Å²) in [5.74, 6) is 0.162. The van der Waals surface area contributed by atoms with Gasteiger partial charge in [-0.15, -0.1) is 0 Å². The van der Waals surface area contributed by atoms with E-state index in [2.05, 4.69) is 40.1 Å². The van der Waals surface area contributed by atoms with Crippen LogP contribution >= 0.6 is 0 Å². The molecular weight excluding hydrogens is 320 g/mol. The summed E-state index contributed by atoms with van der Waals surface area (Å²) in [6, 6.07) is 20.7. The molecule has 1 atom stereocenters. The number of carbonyl (C=O) groups excluding carboxylic acids is 1. The van der Waals surface area contributed by atoms with E-state index in [1.54, 1.807) is 0 Å². The molecule has 2 heterocycles. The van der Waals surface area contributed by atoms with Crippen molar-refractivity contribution in [3.05, 3.63) is 77.9 Å². The minimum absolute atomic E-state index is 0.120. The van der Waals surface area contributed by atoms with Crippen LogP contribution in [0.25, 0.3) is 5.57 Å². The second-order valence-corrected chi connectivity index (χ2v) is 7.21. The van der Waals surface area contributed by atoms with Gasteiger partial charge in [0.25, 0.3) is 5.91 Å². The average Bonchev–Trinajstić information content (AvgIpc) is 3.21. The Hall–Kier alpha value is -2.39. The Labute approximate surface area is 155 Å². The number of carbonyl (C=O) groups is 1. The largest absolute Gasteiger partial charge is 0.330 e. The molecule has 3 nitrogen and oxygen atoms in total. The summed E-state index contributed by atoms with van der Waals surface area (Å²) in [7, 11) is 0. The molecule has 2 aliphatic heterocycles. The van der Waals surface area contributed by atoms with Crippen molar-refractivity contribution < 1.29 is 4.79 Å². The highest BCUT2D eigenvalue weighted by Gasteiger charge is 2.31. The van der Waals surface area contributed by atoms with Gasteiger partial charge in [-0.3, -0.25) is 4.79 Å². The molecule has 1 fully saturated rings. The first-order valence-corrected chi connectivity index (χ1v) is 9.67. The first kappa shape index (κ1) is 17.0. The number of hydrogen-bond acceptors (Lipinski definition) is 2. The fraction of sp³-hybridized carbons (Fsp3) is 0.348. The molecule has 0 N–H and O–H groups in total. The van der Waals surface area contributed by atoms with Crippen LogP contribution in [-0.4, -0.2) is 41.9 Å². The molecular formula is C23H26N2O. The molecule has 0 radical (unpaired) electrons. The van der Waals surface area contributed by atoms with Gasteiger partial charge in [0, 0.05) is 18.7 Å². The second kappa shape index (κ2) is 7.88. The fourth-order valence-electron chi connectivity index (χ4n) is 4.12. The Morgan fingerprint density at radius 3 is 2.19 bits per heavy atom. The molecule has 0 spiro atoms. The maximum atomic E-state index is 13.4. The van der Waals surface area contributed by atoms with E-state index in [0.29, 0.717) is 0 Å². The standard InChI is InChI=1S/C23H26N2O/c26-23-21(19-10-3-1-4-11-19)14-9-17-25(23)22(18-24-15-7-8-16-24)20-12-5-2-6-13-20/h1-6,10-14,22H,7-9,15-18H2/t22-/m1/s1. The summed E-state index contributed by atoms with van der Waals surface area (Å²) in [5, 5.41) is 0. The van der Waals surface area contributed by atoms with Crippen LogP contribution < -0.4 is 0 Å². The molecule has 2 aromatic carbocycles. The zero-order valence-electron chi connectivity index (χ0n) is 15.2. The van der Waals surface area contributed by atoms with Crippen LogP contribution in [-0.2, 0) is 4.79 Å². The van der Waals surface area contributed by atoms with E-state index in [0.717, 1.165) is 43.7 Å². The molecule has 2 aliphatic rings. The van der Waals surface area contributed by atoms with Gasteiger partial charge in [-0.2, -0.15) is 0 Å². The molecule has 2 aromatic rings. The quantitative estimate of drug-likeness (QED) is 0.812. The Balaban J connectivity index is 1.62. The minimum atomic E-state index is 0.120. The van der Waals surface area contributed by atoms with Gasteiger partial charge in [-0.05, 0) is 43.5 Å². The third-order valence-corrected chi connectivity index (χ3v) is 5.48. The van der Waals surface area contributed by atoms with Gasteiger partial charge >= 0.3 is 0 Å². The molecule has 26 heavy (non-hydrogen) atoms. The first-order valence-electron chi connectivity index (χ1n) is 9.67. The summed E-state index contributed by atoms with van der Waals surface area (Å²) < 4.78 is 0. The third kappa shape index (κ3) is 3.58. The first-order chi connectivity index (χ1) is 12.8. The van der Waals surface area contributed by atoms with Gasteiger partial charge in [-0.25, -0.2) is 0 Å². The monoisotopic (exact) mass is 346 g/mol. The van der Waals surface area contributed by atoms with Crippen LogP contribution in [0.5, 0.6) is 0 Å². The van der Waals surface area contributed by atoms with Crippen LogP contribution in [0.15, 0.2) is 66.7 Å². The number of benzene rings is 2. The van der Waals surface area contributed by atoms with Gasteiger partial charge in [-0.1, -0.05) is 66.7 Å².